The highest BCUT2D eigenvalue weighted by Gasteiger charge is 2.04. The van der Waals surface area contributed by atoms with E-state index in [0.717, 1.165) is 5.56 Å². The Morgan fingerprint density at radius 2 is 2.00 bits per heavy atom. The Hall–Kier alpha value is -1.61. The highest BCUT2D eigenvalue weighted by molar-refractivity contribution is 6.30. The van der Waals surface area contributed by atoms with E-state index >= 15 is 0 Å². The molecule has 70 valence electrons. The quantitative estimate of drug-likeness (QED) is 0.780. The molecule has 1 heterocycles. The highest BCUT2D eigenvalue weighted by atomic mass is 35.5. The van der Waals surface area contributed by atoms with Crippen LogP contribution in [0.1, 0.15) is 0 Å². The summed E-state index contributed by atoms with van der Waals surface area (Å²) in [6.07, 6.45) is 3.14. The van der Waals surface area contributed by atoms with Crippen molar-refractivity contribution in [1.82, 2.24) is 10.2 Å². The van der Waals surface area contributed by atoms with Gasteiger partial charge in [0, 0.05) is 16.1 Å². The van der Waals surface area contributed by atoms with Crippen LogP contribution in [0.5, 0.6) is 5.75 Å². The Bertz CT molecular complexity index is 445. The molecule has 14 heavy (non-hydrogen) atoms. The molecule has 0 fully saturated rings. The van der Waals surface area contributed by atoms with E-state index in [1.807, 2.05) is 0 Å². The number of phenols is 1. The molecule has 0 aliphatic carbocycles. The van der Waals surface area contributed by atoms with Gasteiger partial charge in [0.05, 0.1) is 12.4 Å². The SMILES string of the molecule is Oc1ccc(Cl)cc1-c1ccnnc1. The second kappa shape index (κ2) is 3.64. The average Bonchev–Trinajstić information content (AvgIpc) is 2.23. The smallest absolute Gasteiger partial charge is 0.123 e. The second-order valence-electron chi connectivity index (χ2n) is 2.79. The molecule has 4 heteroatoms. The summed E-state index contributed by atoms with van der Waals surface area (Å²) < 4.78 is 0. The lowest BCUT2D eigenvalue weighted by Crippen LogP contribution is -1.83. The van der Waals surface area contributed by atoms with E-state index in [4.69, 9.17) is 11.6 Å². The molecule has 0 aliphatic rings. The van der Waals surface area contributed by atoms with Crippen molar-refractivity contribution in [1.29, 1.82) is 0 Å². The van der Waals surface area contributed by atoms with Crippen LogP contribution in [-0.4, -0.2) is 15.3 Å². The number of halogens is 1. The maximum absolute atomic E-state index is 9.58. The van der Waals surface area contributed by atoms with E-state index in [-0.39, 0.29) is 5.75 Å². The van der Waals surface area contributed by atoms with Crippen LogP contribution in [0.3, 0.4) is 0 Å². The standard InChI is InChI=1S/C10H7ClN2O/c11-8-1-2-10(14)9(5-8)7-3-4-12-13-6-7/h1-6,14H. The number of hydrogen-bond donors (Lipinski definition) is 1. The van der Waals surface area contributed by atoms with Crippen LogP contribution in [0.4, 0.5) is 0 Å². The maximum atomic E-state index is 9.58. The van der Waals surface area contributed by atoms with Gasteiger partial charge < -0.3 is 5.11 Å². The van der Waals surface area contributed by atoms with Gasteiger partial charge in [-0.25, -0.2) is 0 Å². The van der Waals surface area contributed by atoms with Gasteiger partial charge in [-0.15, -0.1) is 0 Å². The minimum Gasteiger partial charge on any atom is -0.507 e. The van der Waals surface area contributed by atoms with Crippen molar-refractivity contribution < 1.29 is 5.11 Å². The fraction of sp³-hybridized carbons (Fsp3) is 0. The summed E-state index contributed by atoms with van der Waals surface area (Å²) in [5.41, 5.74) is 1.45. The third-order valence-electron chi connectivity index (χ3n) is 1.85. The molecule has 0 aliphatic heterocycles. The van der Waals surface area contributed by atoms with Crippen molar-refractivity contribution >= 4 is 11.6 Å². The lowest BCUT2D eigenvalue weighted by atomic mass is 10.1. The maximum Gasteiger partial charge on any atom is 0.123 e. The Labute approximate surface area is 86.0 Å². The van der Waals surface area contributed by atoms with Crippen LogP contribution in [0.25, 0.3) is 11.1 Å². The monoisotopic (exact) mass is 206 g/mol. The van der Waals surface area contributed by atoms with Crippen LogP contribution >= 0.6 is 11.6 Å². The summed E-state index contributed by atoms with van der Waals surface area (Å²) >= 11 is 5.82. The Kier molecular flexibility index (Phi) is 2.33. The molecular formula is C10H7ClN2O. The third kappa shape index (κ3) is 1.67. The fourth-order valence-corrected chi connectivity index (χ4v) is 1.36. The number of hydrogen-bond acceptors (Lipinski definition) is 3. The topological polar surface area (TPSA) is 46.0 Å². The van der Waals surface area contributed by atoms with Crippen molar-refractivity contribution in [3.8, 4) is 16.9 Å². The zero-order chi connectivity index (χ0) is 9.97. The van der Waals surface area contributed by atoms with Crippen molar-refractivity contribution in [3.63, 3.8) is 0 Å². The molecule has 2 rings (SSSR count). The molecule has 0 amide bonds. The molecule has 0 unspecified atom stereocenters. The molecule has 0 spiro atoms. The van der Waals surface area contributed by atoms with E-state index in [2.05, 4.69) is 10.2 Å². The summed E-state index contributed by atoms with van der Waals surface area (Å²) in [6.45, 7) is 0. The first-order chi connectivity index (χ1) is 6.77. The van der Waals surface area contributed by atoms with Gasteiger partial charge in [0.15, 0.2) is 0 Å². The number of aromatic nitrogens is 2. The first-order valence-electron chi connectivity index (χ1n) is 4.03. The largest absolute Gasteiger partial charge is 0.507 e. The van der Waals surface area contributed by atoms with Crippen LogP contribution in [-0.2, 0) is 0 Å². The highest BCUT2D eigenvalue weighted by Crippen LogP contribution is 2.30. The molecule has 0 saturated heterocycles. The van der Waals surface area contributed by atoms with Crippen LogP contribution in [0.15, 0.2) is 36.7 Å². The van der Waals surface area contributed by atoms with E-state index in [9.17, 15) is 5.11 Å². The van der Waals surface area contributed by atoms with Gasteiger partial charge in [-0.3, -0.25) is 0 Å². The zero-order valence-corrected chi connectivity index (χ0v) is 7.94. The van der Waals surface area contributed by atoms with Crippen LogP contribution < -0.4 is 0 Å². The molecule has 3 nitrogen and oxygen atoms in total. The molecule has 2 aromatic rings. The molecular weight excluding hydrogens is 200 g/mol. The summed E-state index contributed by atoms with van der Waals surface area (Å²) in [6, 6.07) is 6.64. The molecule has 0 bridgehead atoms. The lowest BCUT2D eigenvalue weighted by Gasteiger charge is -2.03. The molecule has 0 radical (unpaired) electrons. The first-order valence-corrected chi connectivity index (χ1v) is 4.41. The molecule has 1 N–H and O–H groups in total. The molecule has 1 aromatic carbocycles. The summed E-state index contributed by atoms with van der Waals surface area (Å²) in [4.78, 5) is 0. The Morgan fingerprint density at radius 1 is 1.14 bits per heavy atom. The lowest BCUT2D eigenvalue weighted by molar-refractivity contribution is 0.477. The molecule has 1 aromatic heterocycles. The first kappa shape index (κ1) is 8.97. The predicted molar refractivity (Wildman–Crippen MR) is 54.1 cm³/mol. The third-order valence-corrected chi connectivity index (χ3v) is 2.09. The molecule has 0 atom stereocenters. The number of aromatic hydroxyl groups is 1. The molecule has 0 saturated carbocycles. The van der Waals surface area contributed by atoms with Crippen molar-refractivity contribution in [2.75, 3.05) is 0 Å². The Morgan fingerprint density at radius 3 is 2.71 bits per heavy atom. The summed E-state index contributed by atoms with van der Waals surface area (Å²) in [5.74, 6) is 0.183. The van der Waals surface area contributed by atoms with Gasteiger partial charge in [-0.05, 0) is 24.3 Å². The van der Waals surface area contributed by atoms with Crippen molar-refractivity contribution in [3.05, 3.63) is 41.7 Å². The van der Waals surface area contributed by atoms with E-state index in [1.165, 1.54) is 0 Å². The summed E-state index contributed by atoms with van der Waals surface area (Å²) in [7, 11) is 0. The van der Waals surface area contributed by atoms with Gasteiger partial charge in [-0.1, -0.05) is 11.6 Å². The van der Waals surface area contributed by atoms with E-state index in [1.54, 1.807) is 36.7 Å². The minimum absolute atomic E-state index is 0.183. The van der Waals surface area contributed by atoms with Gasteiger partial charge in [0.25, 0.3) is 0 Å². The average molecular weight is 207 g/mol. The number of benzene rings is 1. The van der Waals surface area contributed by atoms with Gasteiger partial charge >= 0.3 is 0 Å². The minimum atomic E-state index is 0.183. The normalized spacial score (nSPS) is 10.1. The Balaban J connectivity index is 2.57. The van der Waals surface area contributed by atoms with Gasteiger partial charge in [-0.2, -0.15) is 10.2 Å². The van der Waals surface area contributed by atoms with E-state index < -0.39 is 0 Å². The van der Waals surface area contributed by atoms with Gasteiger partial charge in [0.2, 0.25) is 0 Å². The predicted octanol–water partition coefficient (Wildman–Crippen LogP) is 2.50. The zero-order valence-electron chi connectivity index (χ0n) is 7.18. The van der Waals surface area contributed by atoms with Crippen molar-refractivity contribution in [2.24, 2.45) is 0 Å². The number of phenolic OH excluding ortho intramolecular Hbond substituents is 1. The van der Waals surface area contributed by atoms with E-state index in [0.29, 0.717) is 10.6 Å². The fourth-order valence-electron chi connectivity index (χ4n) is 1.19. The number of nitrogens with zero attached hydrogens (tertiary/aromatic N) is 2. The van der Waals surface area contributed by atoms with Crippen molar-refractivity contribution in [2.45, 2.75) is 0 Å². The second-order valence-corrected chi connectivity index (χ2v) is 3.23. The van der Waals surface area contributed by atoms with Crippen LogP contribution in [0.2, 0.25) is 5.02 Å². The number of rotatable bonds is 1. The summed E-state index contributed by atoms with van der Waals surface area (Å²) in [5, 5.41) is 17.5. The van der Waals surface area contributed by atoms with Gasteiger partial charge in [0.1, 0.15) is 5.75 Å². The van der Waals surface area contributed by atoms with Crippen LogP contribution in [0, 0.1) is 0 Å².